The van der Waals surface area contributed by atoms with E-state index in [2.05, 4.69) is 70.1 Å². The Hall–Kier alpha value is -2.20. The monoisotopic (exact) mass is 353 g/mol. The molecule has 1 unspecified atom stereocenters. The van der Waals surface area contributed by atoms with E-state index < -0.39 is 0 Å². The molecule has 2 aliphatic heterocycles. The van der Waals surface area contributed by atoms with E-state index in [9.17, 15) is 0 Å². The van der Waals surface area contributed by atoms with Crippen LogP contribution in [0.25, 0.3) is 16.7 Å². The van der Waals surface area contributed by atoms with Crippen LogP contribution in [0.4, 0.5) is 5.69 Å². The van der Waals surface area contributed by atoms with Crippen molar-refractivity contribution in [1.82, 2.24) is 4.98 Å². The number of nitrogens with two attached hydrogens (primary N) is 1. The Bertz CT molecular complexity index is 845. The van der Waals surface area contributed by atoms with Crippen LogP contribution in [0.1, 0.15) is 63.8 Å². The van der Waals surface area contributed by atoms with Gasteiger partial charge in [0.15, 0.2) is 5.88 Å². The molecule has 0 bridgehead atoms. The van der Waals surface area contributed by atoms with Gasteiger partial charge in [0.25, 0.3) is 0 Å². The summed E-state index contributed by atoms with van der Waals surface area (Å²) < 4.78 is 6.16. The normalized spacial score (nSPS) is 18.9. The van der Waals surface area contributed by atoms with Crippen molar-refractivity contribution in [2.24, 2.45) is 5.73 Å². The molecule has 1 atom stereocenters. The Balaban J connectivity index is 0.000000613. The van der Waals surface area contributed by atoms with Crippen molar-refractivity contribution < 1.29 is 4.74 Å². The fourth-order valence-corrected chi connectivity index (χ4v) is 3.99. The number of aromatic amines is 1. The molecule has 0 fully saturated rings. The fourth-order valence-electron chi connectivity index (χ4n) is 3.99. The van der Waals surface area contributed by atoms with Crippen molar-refractivity contribution in [1.29, 1.82) is 0 Å². The van der Waals surface area contributed by atoms with Gasteiger partial charge in [0.05, 0.1) is 5.54 Å². The molecule has 0 aliphatic carbocycles. The molecule has 3 heterocycles. The van der Waals surface area contributed by atoms with Gasteiger partial charge in [-0.1, -0.05) is 32.4 Å². The maximum absolute atomic E-state index is 6.16. The first-order chi connectivity index (χ1) is 12.3. The van der Waals surface area contributed by atoms with Crippen LogP contribution in [-0.2, 0) is 0 Å². The number of aryl methyl sites for hydroxylation is 1. The molecule has 2 aromatic rings. The molecule has 0 saturated carbocycles. The second kappa shape index (κ2) is 6.84. The maximum atomic E-state index is 6.16. The number of hydrogen-bond donors (Lipinski definition) is 3. The van der Waals surface area contributed by atoms with Gasteiger partial charge in [0, 0.05) is 35.1 Å². The number of ether oxygens (including phenoxy) is 1. The van der Waals surface area contributed by atoms with Crippen LogP contribution in [0.15, 0.2) is 24.4 Å². The molecular formula is C22H31N3O. The van der Waals surface area contributed by atoms with Gasteiger partial charge in [-0.3, -0.25) is 0 Å². The van der Waals surface area contributed by atoms with Crippen LogP contribution in [0.3, 0.4) is 0 Å². The molecule has 0 saturated heterocycles. The summed E-state index contributed by atoms with van der Waals surface area (Å²) in [5.74, 6) is 0.830. The first kappa shape index (κ1) is 18.6. The van der Waals surface area contributed by atoms with Crippen LogP contribution in [-0.4, -0.2) is 17.1 Å². The van der Waals surface area contributed by atoms with Crippen molar-refractivity contribution in [2.45, 2.75) is 59.6 Å². The van der Waals surface area contributed by atoms with E-state index in [0.717, 1.165) is 17.1 Å². The largest absolute Gasteiger partial charge is 0.469 e. The van der Waals surface area contributed by atoms with Crippen LogP contribution in [0.5, 0.6) is 5.88 Å². The lowest BCUT2D eigenvalue weighted by atomic mass is 9.82. The summed E-state index contributed by atoms with van der Waals surface area (Å²) in [6, 6.07) is 4.38. The van der Waals surface area contributed by atoms with Crippen LogP contribution >= 0.6 is 0 Å². The fraction of sp³-hybridized carbons (Fsp3) is 0.455. The second-order valence-electron chi connectivity index (χ2n) is 7.85. The third-order valence-corrected chi connectivity index (χ3v) is 4.78. The summed E-state index contributed by atoms with van der Waals surface area (Å²) in [5, 5.41) is 3.61. The van der Waals surface area contributed by atoms with E-state index in [-0.39, 0.29) is 11.6 Å². The average Bonchev–Trinajstić information content (AvgIpc) is 2.94. The number of hydrogen-bond acceptors (Lipinski definition) is 3. The maximum Gasteiger partial charge on any atom is 0.199 e. The van der Waals surface area contributed by atoms with Crippen molar-refractivity contribution in [2.75, 3.05) is 11.9 Å². The molecule has 140 valence electrons. The first-order valence-corrected chi connectivity index (χ1v) is 9.52. The highest BCUT2D eigenvalue weighted by molar-refractivity contribution is 5.90. The third-order valence-electron chi connectivity index (χ3n) is 4.78. The van der Waals surface area contributed by atoms with E-state index in [1.54, 1.807) is 0 Å². The van der Waals surface area contributed by atoms with E-state index in [1.165, 1.54) is 34.2 Å². The number of nitrogens with one attached hydrogen (secondary N) is 2. The molecule has 0 spiro atoms. The topological polar surface area (TPSA) is 63.1 Å². The lowest BCUT2D eigenvalue weighted by Crippen LogP contribution is -2.33. The van der Waals surface area contributed by atoms with E-state index in [0.29, 0.717) is 6.54 Å². The number of H-pyrrole nitrogens is 1. The molecule has 0 radical (unpaired) electrons. The van der Waals surface area contributed by atoms with Crippen LogP contribution < -0.4 is 15.8 Å². The third kappa shape index (κ3) is 3.03. The minimum absolute atomic E-state index is 0.0474. The lowest BCUT2D eigenvalue weighted by molar-refractivity contribution is 0.203. The standard InChI is InChI=1S/C19H23N3O.C3H8/c1-10-7-19(3,4)22-13-6-5-12-15-11(2)9-21-18(15)23-14(8-20)17(12)16(10)13;1-3-2/h5-7,9,14,21-22H,8,20H2,1-4H3;3H2,1-2H3. The van der Waals surface area contributed by atoms with Gasteiger partial charge in [0.2, 0.25) is 0 Å². The number of allylic oxidation sites excluding steroid dienone is 1. The van der Waals surface area contributed by atoms with E-state index in [4.69, 9.17) is 10.5 Å². The van der Waals surface area contributed by atoms with Gasteiger partial charge >= 0.3 is 0 Å². The molecule has 26 heavy (non-hydrogen) atoms. The SMILES string of the molecule is CC1=CC(C)(C)Nc2ccc3c(c21)C(CN)Oc1[nH]cc(C)c1-3.CCC. The van der Waals surface area contributed by atoms with Crippen molar-refractivity contribution in [3.63, 3.8) is 0 Å². The zero-order valence-electron chi connectivity index (χ0n) is 16.8. The zero-order chi connectivity index (χ0) is 19.1. The van der Waals surface area contributed by atoms with Crippen molar-refractivity contribution >= 4 is 11.3 Å². The minimum atomic E-state index is -0.128. The average molecular weight is 354 g/mol. The van der Waals surface area contributed by atoms with Gasteiger partial charge in [-0.05, 0) is 50.5 Å². The van der Waals surface area contributed by atoms with E-state index >= 15 is 0 Å². The molecule has 1 aromatic carbocycles. The second-order valence-corrected chi connectivity index (χ2v) is 7.85. The number of fused-ring (bicyclic) bond motifs is 5. The van der Waals surface area contributed by atoms with Gasteiger partial charge in [0.1, 0.15) is 6.10 Å². The highest BCUT2D eigenvalue weighted by atomic mass is 16.5. The molecule has 2 aliphatic rings. The summed E-state index contributed by atoms with van der Waals surface area (Å²) in [7, 11) is 0. The van der Waals surface area contributed by atoms with Crippen LogP contribution in [0.2, 0.25) is 0 Å². The van der Waals surface area contributed by atoms with Crippen molar-refractivity contribution in [3.05, 3.63) is 41.1 Å². The first-order valence-electron chi connectivity index (χ1n) is 9.52. The summed E-state index contributed by atoms with van der Waals surface area (Å²) in [6.07, 6.45) is 5.40. The van der Waals surface area contributed by atoms with Gasteiger partial charge in [-0.15, -0.1) is 0 Å². The smallest absolute Gasteiger partial charge is 0.199 e. The molecule has 4 rings (SSSR count). The molecule has 4 heteroatoms. The summed E-state index contributed by atoms with van der Waals surface area (Å²) >= 11 is 0. The molecule has 0 amide bonds. The van der Waals surface area contributed by atoms with Gasteiger partial charge in [-0.2, -0.15) is 0 Å². The quantitative estimate of drug-likeness (QED) is 0.642. The molecular weight excluding hydrogens is 322 g/mol. The predicted octanol–water partition coefficient (Wildman–Crippen LogP) is 5.41. The Labute approximate surface area is 156 Å². The van der Waals surface area contributed by atoms with Gasteiger partial charge < -0.3 is 20.8 Å². The summed E-state index contributed by atoms with van der Waals surface area (Å²) in [6.45, 7) is 13.4. The minimum Gasteiger partial charge on any atom is -0.469 e. The Morgan fingerprint density at radius 1 is 1.15 bits per heavy atom. The lowest BCUT2D eigenvalue weighted by Gasteiger charge is -2.36. The summed E-state index contributed by atoms with van der Waals surface area (Å²) in [4.78, 5) is 3.23. The molecule has 4 nitrogen and oxygen atoms in total. The Kier molecular flexibility index (Phi) is 4.89. The molecule has 1 aromatic heterocycles. The number of anilines is 1. The number of aromatic nitrogens is 1. The highest BCUT2D eigenvalue weighted by Crippen LogP contribution is 2.49. The Morgan fingerprint density at radius 3 is 2.50 bits per heavy atom. The number of benzene rings is 1. The number of rotatable bonds is 1. The van der Waals surface area contributed by atoms with E-state index in [1.807, 2.05) is 6.20 Å². The van der Waals surface area contributed by atoms with Gasteiger partial charge in [-0.25, -0.2) is 0 Å². The Morgan fingerprint density at radius 2 is 1.85 bits per heavy atom. The highest BCUT2D eigenvalue weighted by Gasteiger charge is 2.34. The zero-order valence-corrected chi connectivity index (χ0v) is 16.8. The van der Waals surface area contributed by atoms with Crippen LogP contribution in [0, 0.1) is 6.92 Å². The molecule has 4 N–H and O–H groups in total. The van der Waals surface area contributed by atoms with Crippen molar-refractivity contribution in [3.8, 4) is 17.0 Å². The summed E-state index contributed by atoms with van der Waals surface area (Å²) in [5.41, 5.74) is 14.5. The predicted molar refractivity (Wildman–Crippen MR) is 111 cm³/mol.